The topological polar surface area (TPSA) is 93.3 Å². The Labute approximate surface area is 177 Å². The highest BCUT2D eigenvalue weighted by Crippen LogP contribution is 2.38. The normalized spacial score (nSPS) is 12.7. The summed E-state index contributed by atoms with van der Waals surface area (Å²) < 4.78 is 11.0. The van der Waals surface area contributed by atoms with E-state index in [0.717, 1.165) is 5.56 Å². The standard InChI is InChI=1S/C22H18ClN3O4/c1-13-9-20(28)26-22(24-13)15-3-2-4-16(12-15)25-19(27)6-5-14-10-17(23)21-18(11-14)29-7-8-30-21/h2-6,9-12H,7-8H2,1H3,(H,25,27)(H,24,26,28). The summed E-state index contributed by atoms with van der Waals surface area (Å²) in [6.45, 7) is 2.66. The number of carbonyl (C=O) groups excluding carboxylic acids is 1. The molecule has 0 spiro atoms. The van der Waals surface area contributed by atoms with Crippen LogP contribution in [0.5, 0.6) is 11.5 Å². The molecule has 0 saturated carbocycles. The Morgan fingerprint density at radius 2 is 2.03 bits per heavy atom. The first-order valence-corrected chi connectivity index (χ1v) is 9.62. The number of nitrogens with one attached hydrogen (secondary N) is 2. The van der Waals surface area contributed by atoms with Crippen LogP contribution in [0.2, 0.25) is 5.02 Å². The molecule has 0 bridgehead atoms. The molecule has 1 amide bonds. The number of aryl methyl sites for hydroxylation is 1. The Morgan fingerprint density at radius 3 is 2.87 bits per heavy atom. The summed E-state index contributed by atoms with van der Waals surface area (Å²) >= 11 is 6.22. The first-order chi connectivity index (χ1) is 14.5. The fourth-order valence-corrected chi connectivity index (χ4v) is 3.32. The molecular formula is C22H18ClN3O4. The third kappa shape index (κ3) is 4.52. The van der Waals surface area contributed by atoms with E-state index in [4.69, 9.17) is 21.1 Å². The highest BCUT2D eigenvalue weighted by molar-refractivity contribution is 6.32. The summed E-state index contributed by atoms with van der Waals surface area (Å²) in [7, 11) is 0. The number of H-pyrrole nitrogens is 1. The lowest BCUT2D eigenvalue weighted by atomic mass is 10.1. The van der Waals surface area contributed by atoms with Crippen LogP contribution in [0.15, 0.2) is 53.3 Å². The van der Waals surface area contributed by atoms with Crippen molar-refractivity contribution in [3.8, 4) is 22.9 Å². The summed E-state index contributed by atoms with van der Waals surface area (Å²) in [5.74, 6) is 1.20. The number of benzene rings is 2. The number of amides is 1. The zero-order valence-corrected chi connectivity index (χ0v) is 16.8. The fourth-order valence-electron chi connectivity index (χ4n) is 3.04. The number of fused-ring (bicyclic) bond motifs is 1. The van der Waals surface area contributed by atoms with Gasteiger partial charge in [0.25, 0.3) is 5.56 Å². The van der Waals surface area contributed by atoms with E-state index >= 15 is 0 Å². The highest BCUT2D eigenvalue weighted by Gasteiger charge is 2.16. The van der Waals surface area contributed by atoms with Crippen LogP contribution in [0.25, 0.3) is 17.5 Å². The molecule has 2 N–H and O–H groups in total. The summed E-state index contributed by atoms with van der Waals surface area (Å²) in [5.41, 5.74) is 2.37. The van der Waals surface area contributed by atoms with E-state index in [9.17, 15) is 9.59 Å². The molecule has 0 saturated heterocycles. The van der Waals surface area contributed by atoms with Gasteiger partial charge in [-0.05, 0) is 42.8 Å². The van der Waals surface area contributed by atoms with E-state index in [2.05, 4.69) is 15.3 Å². The second-order valence-electron chi connectivity index (χ2n) is 6.67. The zero-order valence-electron chi connectivity index (χ0n) is 16.1. The van der Waals surface area contributed by atoms with Crippen LogP contribution in [0.1, 0.15) is 11.3 Å². The molecule has 152 valence electrons. The van der Waals surface area contributed by atoms with Crippen LogP contribution in [-0.2, 0) is 4.79 Å². The number of carbonyl (C=O) groups is 1. The third-order valence-electron chi connectivity index (χ3n) is 4.32. The molecule has 2 heterocycles. The number of hydrogen-bond donors (Lipinski definition) is 2. The maximum atomic E-state index is 12.4. The maximum absolute atomic E-state index is 12.4. The SMILES string of the molecule is Cc1cc(=O)[nH]c(-c2cccc(NC(=O)C=Cc3cc(Cl)c4c(c3)OCCO4)c2)n1. The van der Waals surface area contributed by atoms with Crippen LogP contribution in [0, 0.1) is 6.92 Å². The van der Waals surface area contributed by atoms with Crippen molar-refractivity contribution in [2.24, 2.45) is 0 Å². The Bertz CT molecular complexity index is 1200. The summed E-state index contributed by atoms with van der Waals surface area (Å²) in [6, 6.07) is 12.0. The molecule has 0 aliphatic carbocycles. The van der Waals surface area contributed by atoms with Gasteiger partial charge in [-0.15, -0.1) is 0 Å². The number of ether oxygens (including phenoxy) is 2. The van der Waals surface area contributed by atoms with Gasteiger partial charge < -0.3 is 19.8 Å². The first-order valence-electron chi connectivity index (χ1n) is 9.24. The van der Waals surface area contributed by atoms with Crippen LogP contribution >= 0.6 is 11.6 Å². The van der Waals surface area contributed by atoms with Crippen molar-refractivity contribution in [2.45, 2.75) is 6.92 Å². The minimum absolute atomic E-state index is 0.229. The van der Waals surface area contributed by atoms with Crippen LogP contribution in [0.4, 0.5) is 5.69 Å². The van der Waals surface area contributed by atoms with E-state index in [-0.39, 0.29) is 11.5 Å². The lowest BCUT2D eigenvalue weighted by molar-refractivity contribution is -0.111. The van der Waals surface area contributed by atoms with Gasteiger partial charge in [0.15, 0.2) is 11.5 Å². The molecule has 1 aliphatic rings. The van der Waals surface area contributed by atoms with Gasteiger partial charge in [0.1, 0.15) is 19.0 Å². The average Bonchev–Trinajstić information content (AvgIpc) is 2.72. The number of aromatic nitrogens is 2. The highest BCUT2D eigenvalue weighted by atomic mass is 35.5. The maximum Gasteiger partial charge on any atom is 0.251 e. The van der Waals surface area contributed by atoms with Crippen molar-refractivity contribution < 1.29 is 14.3 Å². The lowest BCUT2D eigenvalue weighted by Gasteiger charge is -2.19. The largest absolute Gasteiger partial charge is 0.486 e. The fraction of sp³-hybridized carbons (Fsp3) is 0.136. The summed E-state index contributed by atoms with van der Waals surface area (Å²) in [5, 5.41) is 3.22. The second-order valence-corrected chi connectivity index (χ2v) is 7.07. The Morgan fingerprint density at radius 1 is 1.20 bits per heavy atom. The Kier molecular flexibility index (Phi) is 5.54. The van der Waals surface area contributed by atoms with Crippen molar-refractivity contribution in [3.05, 3.63) is 75.2 Å². The molecule has 1 aliphatic heterocycles. The Hall–Kier alpha value is -3.58. The lowest BCUT2D eigenvalue weighted by Crippen LogP contribution is -2.15. The monoisotopic (exact) mass is 423 g/mol. The smallest absolute Gasteiger partial charge is 0.251 e. The van der Waals surface area contributed by atoms with Gasteiger partial charge >= 0.3 is 0 Å². The molecule has 0 fully saturated rings. The van der Waals surface area contributed by atoms with Crippen LogP contribution in [-0.4, -0.2) is 29.1 Å². The molecule has 0 radical (unpaired) electrons. The van der Waals surface area contributed by atoms with Gasteiger partial charge in [0.2, 0.25) is 5.91 Å². The summed E-state index contributed by atoms with van der Waals surface area (Å²) in [6.07, 6.45) is 3.05. The van der Waals surface area contributed by atoms with Crippen LogP contribution in [0.3, 0.4) is 0 Å². The second kappa shape index (κ2) is 8.42. The molecule has 0 unspecified atom stereocenters. The van der Waals surface area contributed by atoms with E-state index in [1.165, 1.54) is 12.1 Å². The van der Waals surface area contributed by atoms with Gasteiger partial charge in [-0.2, -0.15) is 0 Å². The molecule has 1 aromatic heterocycles. The zero-order chi connectivity index (χ0) is 21.1. The summed E-state index contributed by atoms with van der Waals surface area (Å²) in [4.78, 5) is 31.1. The average molecular weight is 424 g/mol. The number of hydrogen-bond acceptors (Lipinski definition) is 5. The van der Waals surface area contributed by atoms with Gasteiger partial charge in [0.05, 0.1) is 5.02 Å². The predicted octanol–water partition coefficient (Wildman–Crippen LogP) is 3.82. The third-order valence-corrected chi connectivity index (χ3v) is 4.60. The van der Waals surface area contributed by atoms with E-state index in [1.54, 1.807) is 49.4 Å². The molecule has 3 aromatic rings. The van der Waals surface area contributed by atoms with E-state index in [1.807, 2.05) is 0 Å². The number of rotatable bonds is 4. The number of anilines is 1. The van der Waals surface area contributed by atoms with E-state index in [0.29, 0.717) is 52.5 Å². The van der Waals surface area contributed by atoms with Crippen molar-refractivity contribution >= 4 is 29.3 Å². The molecule has 7 nitrogen and oxygen atoms in total. The quantitative estimate of drug-likeness (QED) is 0.622. The van der Waals surface area contributed by atoms with Crippen molar-refractivity contribution in [2.75, 3.05) is 18.5 Å². The molecule has 0 atom stereocenters. The number of aromatic amines is 1. The van der Waals surface area contributed by atoms with Gasteiger partial charge in [0, 0.05) is 29.1 Å². The Balaban J connectivity index is 1.49. The molecule has 2 aromatic carbocycles. The van der Waals surface area contributed by atoms with Crippen molar-refractivity contribution in [3.63, 3.8) is 0 Å². The number of nitrogens with zero attached hydrogens (tertiary/aromatic N) is 1. The predicted molar refractivity (Wildman–Crippen MR) is 115 cm³/mol. The molecule has 30 heavy (non-hydrogen) atoms. The number of halogens is 1. The van der Waals surface area contributed by atoms with E-state index < -0.39 is 0 Å². The van der Waals surface area contributed by atoms with Crippen LogP contribution < -0.4 is 20.3 Å². The molecule has 8 heteroatoms. The van der Waals surface area contributed by atoms with Crippen molar-refractivity contribution in [1.29, 1.82) is 0 Å². The molecule has 4 rings (SSSR count). The molecular weight excluding hydrogens is 406 g/mol. The van der Waals surface area contributed by atoms with Gasteiger partial charge in [-0.1, -0.05) is 23.7 Å². The minimum atomic E-state index is -0.316. The van der Waals surface area contributed by atoms with Crippen molar-refractivity contribution in [1.82, 2.24) is 9.97 Å². The first kappa shape index (κ1) is 19.7. The van der Waals surface area contributed by atoms with Gasteiger partial charge in [-0.3, -0.25) is 9.59 Å². The minimum Gasteiger partial charge on any atom is -0.486 e. The van der Waals surface area contributed by atoms with Gasteiger partial charge in [-0.25, -0.2) is 4.98 Å².